The van der Waals surface area contributed by atoms with Gasteiger partial charge in [-0.05, 0) is 177 Å². The van der Waals surface area contributed by atoms with Crippen LogP contribution in [-0.4, -0.2) is 12.3 Å². The van der Waals surface area contributed by atoms with E-state index in [0.29, 0.717) is 0 Å². The Kier molecular flexibility index (Phi) is 10.1. The smallest absolute Gasteiger partial charge is 0.252 e. The Labute approximate surface area is 485 Å². The van der Waals surface area contributed by atoms with Gasteiger partial charge in [-0.2, -0.15) is 0 Å². The maximum atomic E-state index is 7.17. The molecule has 0 N–H and O–H groups in total. The molecule has 2 unspecified atom stereocenters. The molecule has 10 aromatic rings. The minimum absolute atomic E-state index is 0.0100. The van der Waals surface area contributed by atoms with Crippen LogP contribution in [0.4, 0.5) is 45.5 Å². The van der Waals surface area contributed by atoms with Gasteiger partial charge in [-0.15, -0.1) is 0 Å². The number of benzene rings is 8. The van der Waals surface area contributed by atoms with Crippen molar-refractivity contribution >= 4 is 112 Å². The molecule has 2 atom stereocenters. The summed E-state index contributed by atoms with van der Waals surface area (Å²) in [5.41, 5.74) is 25.8. The van der Waals surface area contributed by atoms with Crippen molar-refractivity contribution in [2.45, 2.75) is 179 Å². The summed E-state index contributed by atoms with van der Waals surface area (Å²) in [6.45, 7) is 32.1. The van der Waals surface area contributed by atoms with Gasteiger partial charge < -0.3 is 23.5 Å². The number of hydrogen-bond donors (Lipinski definition) is 0. The molecule has 6 heteroatoms. The summed E-state index contributed by atoms with van der Waals surface area (Å²) in [5.74, 6) is 0. The van der Waals surface area contributed by atoms with E-state index in [-0.39, 0.29) is 44.7 Å². The van der Waals surface area contributed by atoms with E-state index in [1.54, 1.807) is 0 Å². The summed E-state index contributed by atoms with van der Waals surface area (Å²) in [7, 11) is 0. The van der Waals surface area contributed by atoms with Gasteiger partial charge in [0.2, 0.25) is 0 Å². The van der Waals surface area contributed by atoms with Crippen molar-refractivity contribution in [3.05, 3.63) is 173 Å². The lowest BCUT2D eigenvalue weighted by Crippen LogP contribution is -2.62. The van der Waals surface area contributed by atoms with E-state index in [2.05, 4.69) is 244 Å². The van der Waals surface area contributed by atoms with Gasteiger partial charge in [0.05, 0.1) is 11.2 Å². The summed E-state index contributed by atoms with van der Waals surface area (Å²) in [4.78, 5) is 8.19. The molecule has 5 nitrogen and oxygen atoms in total. The van der Waals surface area contributed by atoms with Gasteiger partial charge in [-0.1, -0.05) is 175 Å². The second kappa shape index (κ2) is 16.3. The Morgan fingerprint density at radius 3 is 1.70 bits per heavy atom. The van der Waals surface area contributed by atoms with E-state index in [1.807, 2.05) is 0 Å². The summed E-state index contributed by atoms with van der Waals surface area (Å²) in [6.07, 6.45) is 9.28. The molecule has 2 aromatic heterocycles. The molecule has 0 saturated heterocycles. The molecule has 6 aliphatic rings. The quantitative estimate of drug-likeness (QED) is 0.165. The van der Waals surface area contributed by atoms with Gasteiger partial charge in [0, 0.05) is 72.8 Å². The maximum Gasteiger partial charge on any atom is 0.252 e. The normalized spacial score (nSPS) is 22.5. The van der Waals surface area contributed by atoms with Crippen LogP contribution in [0.5, 0.6) is 0 Å². The number of furan rings is 2. The predicted octanol–water partition coefficient (Wildman–Crippen LogP) is 19.3. The second-order valence-corrected chi connectivity index (χ2v) is 30.1. The van der Waals surface area contributed by atoms with Crippen LogP contribution in [-0.2, 0) is 32.5 Å². The Morgan fingerprint density at radius 2 is 0.988 bits per heavy atom. The van der Waals surface area contributed by atoms with E-state index in [9.17, 15) is 0 Å². The summed E-state index contributed by atoms with van der Waals surface area (Å²) in [5, 5.41) is 4.53. The molecule has 0 bridgehead atoms. The van der Waals surface area contributed by atoms with Crippen LogP contribution in [0, 0.1) is 0 Å². The highest BCUT2D eigenvalue weighted by molar-refractivity contribution is 7.00. The van der Waals surface area contributed by atoms with Crippen molar-refractivity contribution < 1.29 is 8.83 Å². The lowest BCUT2D eigenvalue weighted by molar-refractivity contribution is 0.195. The van der Waals surface area contributed by atoms with Crippen molar-refractivity contribution in [1.82, 2.24) is 0 Å². The van der Waals surface area contributed by atoms with Gasteiger partial charge in [0.25, 0.3) is 6.71 Å². The highest BCUT2D eigenvalue weighted by atomic mass is 16.3. The first-order valence-electron chi connectivity index (χ1n) is 30.9. The Bertz CT molecular complexity index is 4430. The molecule has 1 saturated carbocycles. The molecule has 0 radical (unpaired) electrons. The largest absolute Gasteiger partial charge is 0.456 e. The fraction of sp³-hybridized carbons (Fsp3) is 0.368. The standard InChI is InChI=1S/C76H78BN3O2/c1-70(2,3)45-27-30-59-56(37-45)75(12)31-18-19-32-76(75,13)80(59)47-39-63-68-64(40-47)79(60-24-20-23-50-48-21-14-17-26-66(48)82-69(50)60)62-44-67-51(49-22-15-16-25-65(49)81-67)41-57(62)77(68)58-42-54-55(74(10,11)36-35-73(54,8)9)43-61(58)78(63)46-28-29-52-53(38-46)72(6,7)34-33-71(52,4)5/h14-17,20-30,37-44H,18-19,31-36H2,1-13H3. The molecule has 412 valence electrons. The number of rotatable bonds is 3. The van der Waals surface area contributed by atoms with E-state index in [1.165, 1.54) is 103 Å². The third kappa shape index (κ3) is 6.70. The number of nitrogens with zero attached hydrogens (tertiary/aromatic N) is 3. The zero-order valence-corrected chi connectivity index (χ0v) is 50.7. The van der Waals surface area contributed by atoms with Crippen LogP contribution in [0.3, 0.4) is 0 Å². The highest BCUT2D eigenvalue weighted by Gasteiger charge is 2.59. The molecule has 1 fully saturated rings. The minimum Gasteiger partial charge on any atom is -0.456 e. The fourth-order valence-corrected chi connectivity index (χ4v) is 17.2. The van der Waals surface area contributed by atoms with Crippen LogP contribution < -0.4 is 31.1 Å². The average molecular weight is 1080 g/mol. The molecule has 0 amide bonds. The number of hydrogen-bond acceptors (Lipinski definition) is 5. The summed E-state index contributed by atoms with van der Waals surface area (Å²) < 4.78 is 14.1. The first-order valence-corrected chi connectivity index (χ1v) is 30.9. The lowest BCUT2D eigenvalue weighted by atomic mass is 9.33. The van der Waals surface area contributed by atoms with E-state index < -0.39 is 0 Å². The molecule has 3 aliphatic carbocycles. The number of para-hydroxylation sites is 3. The molecule has 8 aromatic carbocycles. The van der Waals surface area contributed by atoms with Crippen molar-refractivity contribution in [2.24, 2.45) is 0 Å². The SMILES string of the molecule is CC(C)(C)c1ccc2c(c1)C1(C)CCCCC1(C)N2c1cc2c3c(c1)N(c1cccc4c1oc1ccccc14)c1cc4oc5ccccc5c4cc1B3c1cc3c(cc1N2c1ccc2c(c1)C(C)(C)CCC2(C)C)C(C)(C)CCC3(C)C. The van der Waals surface area contributed by atoms with Gasteiger partial charge in [-0.25, -0.2) is 0 Å². The monoisotopic (exact) mass is 1080 g/mol. The van der Waals surface area contributed by atoms with E-state index in [4.69, 9.17) is 8.83 Å². The Morgan fingerprint density at radius 1 is 0.402 bits per heavy atom. The topological polar surface area (TPSA) is 36.0 Å². The average Bonchev–Trinajstić information content (AvgIpc) is 2.22. The molecule has 82 heavy (non-hydrogen) atoms. The highest BCUT2D eigenvalue weighted by Crippen LogP contribution is 2.63. The second-order valence-electron chi connectivity index (χ2n) is 30.1. The van der Waals surface area contributed by atoms with Gasteiger partial charge in [0.1, 0.15) is 16.7 Å². The van der Waals surface area contributed by atoms with Crippen LogP contribution >= 0.6 is 0 Å². The first kappa shape index (κ1) is 50.5. The zero-order valence-electron chi connectivity index (χ0n) is 50.7. The van der Waals surface area contributed by atoms with Gasteiger partial charge >= 0.3 is 0 Å². The summed E-state index contributed by atoms with van der Waals surface area (Å²) >= 11 is 0. The van der Waals surface area contributed by atoms with Crippen molar-refractivity contribution in [3.63, 3.8) is 0 Å². The van der Waals surface area contributed by atoms with Crippen molar-refractivity contribution in [2.75, 3.05) is 14.7 Å². The molecule has 3 aliphatic heterocycles. The van der Waals surface area contributed by atoms with Crippen molar-refractivity contribution in [3.8, 4) is 0 Å². The maximum absolute atomic E-state index is 7.17. The first-order chi connectivity index (χ1) is 39.0. The molecule has 5 heterocycles. The number of anilines is 8. The fourth-order valence-electron chi connectivity index (χ4n) is 17.2. The number of fused-ring (bicyclic) bond motifs is 15. The van der Waals surface area contributed by atoms with E-state index >= 15 is 0 Å². The molecule has 0 spiro atoms. The zero-order chi connectivity index (χ0) is 56.6. The van der Waals surface area contributed by atoms with Crippen molar-refractivity contribution in [1.29, 1.82) is 0 Å². The summed E-state index contributed by atoms with van der Waals surface area (Å²) in [6, 6.07) is 54.7. The third-order valence-corrected chi connectivity index (χ3v) is 22.5. The van der Waals surface area contributed by atoms with Gasteiger partial charge in [0.15, 0.2) is 5.58 Å². The third-order valence-electron chi connectivity index (χ3n) is 22.5. The molecular weight excluding hydrogens is 998 g/mol. The van der Waals surface area contributed by atoms with Gasteiger partial charge in [-0.3, -0.25) is 0 Å². The van der Waals surface area contributed by atoms with Crippen LogP contribution in [0.1, 0.15) is 175 Å². The van der Waals surface area contributed by atoms with Crippen LogP contribution in [0.15, 0.2) is 148 Å². The Balaban J connectivity index is 1.08. The van der Waals surface area contributed by atoms with Crippen LogP contribution in [0.2, 0.25) is 0 Å². The lowest BCUT2D eigenvalue weighted by Gasteiger charge is -2.51. The molecular formula is C76H78BN3O2. The Hall–Kier alpha value is -7.18. The predicted molar refractivity (Wildman–Crippen MR) is 347 cm³/mol. The minimum atomic E-state index is -0.200. The van der Waals surface area contributed by atoms with E-state index in [0.717, 1.165) is 87.4 Å². The molecule has 16 rings (SSSR count). The van der Waals surface area contributed by atoms with Crippen LogP contribution in [0.25, 0.3) is 43.9 Å².